The molecule has 0 aliphatic carbocycles. The molecule has 0 spiro atoms. The molecule has 1 unspecified atom stereocenters. The summed E-state index contributed by atoms with van der Waals surface area (Å²) in [5, 5.41) is 17.0. The third kappa shape index (κ3) is 2.83. The van der Waals surface area contributed by atoms with Crippen molar-refractivity contribution in [2.75, 3.05) is 10.6 Å². The number of fused-ring (bicyclic) bond motifs is 1. The van der Waals surface area contributed by atoms with E-state index in [0.29, 0.717) is 16.2 Å². The van der Waals surface area contributed by atoms with Gasteiger partial charge in [0.15, 0.2) is 0 Å². The Hall–Kier alpha value is -2.87. The fourth-order valence-electron chi connectivity index (χ4n) is 2.71. The number of nitrogens with one attached hydrogen (secondary N) is 2. The largest absolute Gasteiger partial charge is 0.349 e. The zero-order chi connectivity index (χ0) is 17.3. The number of hydrogen-bond donors (Lipinski definition) is 2. The number of aromatic nitrogens is 1. The monoisotopic (exact) mass is 342 g/mol. The number of rotatable bonds is 4. The fraction of sp³-hybridized carbons (Fsp3) is 0.188. The van der Waals surface area contributed by atoms with Gasteiger partial charge in [0.1, 0.15) is 5.69 Å². The smallest absolute Gasteiger partial charge is 0.293 e. The fourth-order valence-corrected chi connectivity index (χ4v) is 3.11. The summed E-state index contributed by atoms with van der Waals surface area (Å²) in [7, 11) is 0. The molecule has 2 aromatic rings. The van der Waals surface area contributed by atoms with Crippen molar-refractivity contribution in [2.45, 2.75) is 19.3 Å². The number of pyridine rings is 1. The van der Waals surface area contributed by atoms with E-state index in [-0.39, 0.29) is 17.3 Å². The molecule has 0 bridgehead atoms. The van der Waals surface area contributed by atoms with Crippen LogP contribution in [0, 0.1) is 10.1 Å². The van der Waals surface area contributed by atoms with Crippen LogP contribution in [0.2, 0.25) is 0 Å². The molecular weight excluding hydrogens is 328 g/mol. The summed E-state index contributed by atoms with van der Waals surface area (Å²) in [6.07, 6.45) is 3.69. The number of thiocarbonyl (C=S) groups is 1. The van der Waals surface area contributed by atoms with Crippen LogP contribution in [-0.4, -0.2) is 20.8 Å². The van der Waals surface area contributed by atoms with E-state index < -0.39 is 10.8 Å². The van der Waals surface area contributed by atoms with Crippen LogP contribution in [0.1, 0.15) is 35.2 Å². The van der Waals surface area contributed by atoms with Gasteiger partial charge in [-0.1, -0.05) is 19.1 Å². The van der Waals surface area contributed by atoms with E-state index in [2.05, 4.69) is 15.6 Å². The molecule has 0 saturated carbocycles. The summed E-state index contributed by atoms with van der Waals surface area (Å²) in [5.74, 6) is -0.504. The van der Waals surface area contributed by atoms with E-state index in [1.54, 1.807) is 24.4 Å². The van der Waals surface area contributed by atoms with Crippen molar-refractivity contribution < 1.29 is 9.72 Å². The maximum atomic E-state index is 12.3. The first-order chi connectivity index (χ1) is 11.5. The van der Waals surface area contributed by atoms with E-state index in [4.69, 9.17) is 12.2 Å². The molecule has 24 heavy (non-hydrogen) atoms. The highest BCUT2D eigenvalue weighted by Gasteiger charge is 2.30. The number of carbonyl (C=O) groups excluding carboxylic acids is 1. The van der Waals surface area contributed by atoms with E-state index in [9.17, 15) is 14.9 Å². The highest BCUT2D eigenvalue weighted by molar-refractivity contribution is 7.80. The number of hydrogen-bond acceptors (Lipinski definition) is 5. The number of carbonyl (C=O) groups is 1. The van der Waals surface area contributed by atoms with Gasteiger partial charge in [0.05, 0.1) is 15.5 Å². The van der Waals surface area contributed by atoms with Gasteiger partial charge in [-0.05, 0) is 30.2 Å². The van der Waals surface area contributed by atoms with Gasteiger partial charge in [0.25, 0.3) is 11.6 Å². The molecular formula is C16H14N4O3S. The number of nitro benzene ring substituents is 1. The zero-order valence-electron chi connectivity index (χ0n) is 12.8. The van der Waals surface area contributed by atoms with Crippen molar-refractivity contribution in [1.82, 2.24) is 4.98 Å². The Morgan fingerprint density at radius 2 is 2.29 bits per heavy atom. The maximum absolute atomic E-state index is 12.3. The predicted octanol–water partition coefficient (Wildman–Crippen LogP) is 3.49. The van der Waals surface area contributed by atoms with E-state index in [0.717, 1.165) is 12.0 Å². The molecule has 0 saturated heterocycles. The average molecular weight is 342 g/mol. The van der Waals surface area contributed by atoms with Crippen molar-refractivity contribution in [3.63, 3.8) is 0 Å². The molecule has 1 aromatic heterocycles. The van der Waals surface area contributed by atoms with E-state index in [1.807, 2.05) is 6.92 Å². The lowest BCUT2D eigenvalue weighted by molar-refractivity contribution is -0.384. The van der Waals surface area contributed by atoms with Crippen LogP contribution in [0.5, 0.6) is 0 Å². The van der Waals surface area contributed by atoms with Gasteiger partial charge < -0.3 is 10.6 Å². The molecule has 7 nitrogen and oxygen atoms in total. The van der Waals surface area contributed by atoms with Crippen LogP contribution in [-0.2, 0) is 0 Å². The zero-order valence-corrected chi connectivity index (χ0v) is 13.6. The van der Waals surface area contributed by atoms with Gasteiger partial charge in [-0.3, -0.25) is 19.9 Å². The van der Waals surface area contributed by atoms with Crippen molar-refractivity contribution in [3.8, 4) is 0 Å². The second-order valence-corrected chi connectivity index (χ2v) is 5.80. The van der Waals surface area contributed by atoms with E-state index in [1.165, 1.54) is 12.3 Å². The third-order valence-electron chi connectivity index (χ3n) is 3.89. The standard InChI is InChI=1S/C16H14N4O3S/c1-2-10-11-6-14(20(22)23)13(7-12(11)19-16(10)24)18-15(21)9-4-3-5-17-8-9/h3-8,10H,2H2,1H3,(H,18,21)(H,19,24). The van der Waals surface area contributed by atoms with Crippen LogP contribution in [0.25, 0.3) is 0 Å². The summed E-state index contributed by atoms with van der Waals surface area (Å²) in [6.45, 7) is 1.97. The van der Waals surface area contributed by atoms with Gasteiger partial charge in [0.2, 0.25) is 0 Å². The van der Waals surface area contributed by atoms with Crippen molar-refractivity contribution in [2.24, 2.45) is 0 Å². The Labute approximate surface area is 143 Å². The second kappa shape index (κ2) is 6.32. The van der Waals surface area contributed by atoms with Gasteiger partial charge in [0, 0.05) is 30.1 Å². The van der Waals surface area contributed by atoms with Crippen molar-refractivity contribution in [3.05, 3.63) is 57.9 Å². The summed E-state index contributed by atoms with van der Waals surface area (Å²) < 4.78 is 0. The van der Waals surface area contributed by atoms with Crippen molar-refractivity contribution in [1.29, 1.82) is 0 Å². The van der Waals surface area contributed by atoms with Crippen LogP contribution >= 0.6 is 12.2 Å². The van der Waals surface area contributed by atoms with Gasteiger partial charge in [-0.2, -0.15) is 0 Å². The number of amides is 1. The Kier molecular flexibility index (Phi) is 4.22. The minimum Gasteiger partial charge on any atom is -0.349 e. The van der Waals surface area contributed by atoms with Gasteiger partial charge in [-0.25, -0.2) is 0 Å². The molecule has 8 heteroatoms. The Balaban J connectivity index is 1.99. The van der Waals surface area contributed by atoms with Crippen LogP contribution < -0.4 is 10.6 Å². The molecule has 1 aromatic carbocycles. The first-order valence-corrected chi connectivity index (χ1v) is 7.76. The van der Waals surface area contributed by atoms with E-state index >= 15 is 0 Å². The number of anilines is 2. The Morgan fingerprint density at radius 1 is 1.50 bits per heavy atom. The first kappa shape index (κ1) is 16.0. The number of benzene rings is 1. The molecule has 1 aliphatic heterocycles. The lowest BCUT2D eigenvalue weighted by atomic mass is 9.97. The molecule has 1 amide bonds. The van der Waals surface area contributed by atoms with Crippen LogP contribution in [0.3, 0.4) is 0 Å². The number of nitrogens with zero attached hydrogens (tertiary/aromatic N) is 2. The lowest BCUT2D eigenvalue weighted by Crippen LogP contribution is -2.13. The Morgan fingerprint density at radius 3 is 2.92 bits per heavy atom. The molecule has 0 radical (unpaired) electrons. The predicted molar refractivity (Wildman–Crippen MR) is 94.5 cm³/mol. The number of nitro groups is 1. The summed E-state index contributed by atoms with van der Waals surface area (Å²) in [6, 6.07) is 6.25. The summed E-state index contributed by atoms with van der Waals surface area (Å²) >= 11 is 5.28. The molecule has 1 atom stereocenters. The van der Waals surface area contributed by atoms with Gasteiger partial charge >= 0.3 is 0 Å². The summed E-state index contributed by atoms with van der Waals surface area (Å²) in [4.78, 5) is 27.7. The van der Waals surface area contributed by atoms with Gasteiger partial charge in [-0.15, -0.1) is 0 Å². The average Bonchev–Trinajstić information content (AvgIpc) is 2.88. The molecule has 0 fully saturated rings. The molecule has 1 aliphatic rings. The lowest BCUT2D eigenvalue weighted by Gasteiger charge is -2.10. The SMILES string of the molecule is CCC1C(=S)Nc2cc(NC(=O)c3cccnc3)c([N+](=O)[O-])cc21. The first-order valence-electron chi connectivity index (χ1n) is 7.35. The summed E-state index contributed by atoms with van der Waals surface area (Å²) in [5.41, 5.74) is 1.77. The second-order valence-electron chi connectivity index (χ2n) is 5.36. The van der Waals surface area contributed by atoms with Crippen molar-refractivity contribution >= 4 is 40.2 Å². The molecule has 2 heterocycles. The topological polar surface area (TPSA) is 97.2 Å². The minimum atomic E-state index is -0.507. The minimum absolute atomic E-state index is 0.0447. The maximum Gasteiger partial charge on any atom is 0.293 e. The quantitative estimate of drug-likeness (QED) is 0.501. The highest BCUT2D eigenvalue weighted by atomic mass is 32.1. The highest BCUT2D eigenvalue weighted by Crippen LogP contribution is 2.41. The molecule has 2 N–H and O–H groups in total. The molecule has 3 rings (SSSR count). The molecule has 122 valence electrons. The Bertz CT molecular complexity index is 839. The van der Waals surface area contributed by atoms with Crippen LogP contribution in [0.4, 0.5) is 17.1 Å². The van der Waals surface area contributed by atoms with Crippen LogP contribution in [0.15, 0.2) is 36.7 Å². The normalized spacial score (nSPS) is 15.5. The third-order valence-corrected chi connectivity index (χ3v) is 4.28.